The van der Waals surface area contributed by atoms with Gasteiger partial charge >= 0.3 is 5.69 Å². The summed E-state index contributed by atoms with van der Waals surface area (Å²) in [6.45, 7) is 1.70. The normalized spacial score (nSPS) is 25.2. The van der Waals surface area contributed by atoms with Crippen LogP contribution in [0.15, 0.2) is 18.2 Å². The van der Waals surface area contributed by atoms with Gasteiger partial charge in [-0.2, -0.15) is 0 Å². The van der Waals surface area contributed by atoms with Crippen LogP contribution in [0.2, 0.25) is 0 Å². The van der Waals surface area contributed by atoms with Crippen LogP contribution in [-0.4, -0.2) is 42.2 Å². The van der Waals surface area contributed by atoms with Crippen LogP contribution in [0.1, 0.15) is 5.56 Å². The molecule has 1 N–H and O–H groups in total. The zero-order chi connectivity index (χ0) is 14.2. The van der Waals surface area contributed by atoms with E-state index in [2.05, 4.69) is 0 Å². The van der Waals surface area contributed by atoms with Crippen LogP contribution in [0.25, 0.3) is 0 Å². The molecule has 2 rings (SSSR count). The van der Waals surface area contributed by atoms with E-state index in [0.717, 1.165) is 0 Å². The first-order valence-corrected chi connectivity index (χ1v) is 7.41. The molecule has 8 heteroatoms. The molecule has 0 amide bonds. The highest BCUT2D eigenvalue weighted by molar-refractivity contribution is 7.91. The summed E-state index contributed by atoms with van der Waals surface area (Å²) >= 11 is 0. The van der Waals surface area contributed by atoms with Gasteiger partial charge < -0.3 is 9.84 Å². The summed E-state index contributed by atoms with van der Waals surface area (Å²) in [6.07, 6.45) is -2.13. The lowest BCUT2D eigenvalue weighted by Gasteiger charge is -2.15. The van der Waals surface area contributed by atoms with Gasteiger partial charge in [-0.3, -0.25) is 10.1 Å². The number of nitrogens with zero attached hydrogens (tertiary/aromatic N) is 1. The van der Waals surface area contributed by atoms with Gasteiger partial charge in [-0.1, -0.05) is 6.07 Å². The average molecular weight is 287 g/mol. The summed E-state index contributed by atoms with van der Waals surface area (Å²) in [4.78, 5) is 10.3. The van der Waals surface area contributed by atoms with Crippen molar-refractivity contribution in [1.82, 2.24) is 0 Å². The zero-order valence-electron chi connectivity index (χ0n) is 10.1. The summed E-state index contributed by atoms with van der Waals surface area (Å²) in [5.74, 6) is -0.743. The lowest BCUT2D eigenvalue weighted by atomic mass is 10.2. The predicted octanol–water partition coefficient (Wildman–Crippen LogP) is 0.440. The van der Waals surface area contributed by atoms with E-state index in [4.69, 9.17) is 4.74 Å². The smallest absolute Gasteiger partial charge is 0.311 e. The number of hydrogen-bond donors (Lipinski definition) is 1. The van der Waals surface area contributed by atoms with Crippen LogP contribution in [0.4, 0.5) is 5.69 Å². The summed E-state index contributed by atoms with van der Waals surface area (Å²) in [5.41, 5.74) is 0.454. The predicted molar refractivity (Wildman–Crippen MR) is 66.9 cm³/mol. The lowest BCUT2D eigenvalue weighted by molar-refractivity contribution is -0.386. The molecule has 2 unspecified atom stereocenters. The lowest BCUT2D eigenvalue weighted by Crippen LogP contribution is -2.30. The Morgan fingerprint density at radius 2 is 2.11 bits per heavy atom. The molecule has 0 radical (unpaired) electrons. The van der Waals surface area contributed by atoms with E-state index >= 15 is 0 Å². The van der Waals surface area contributed by atoms with Gasteiger partial charge in [0.2, 0.25) is 0 Å². The molecule has 0 saturated carbocycles. The first-order valence-electron chi connectivity index (χ1n) is 5.59. The number of nitro benzene ring substituents is 1. The third kappa shape index (κ3) is 3.02. The van der Waals surface area contributed by atoms with Crippen molar-refractivity contribution < 1.29 is 23.2 Å². The Balaban J connectivity index is 2.27. The number of aliphatic hydroxyl groups is 1. The summed E-state index contributed by atoms with van der Waals surface area (Å²) in [6, 6.07) is 4.37. The summed E-state index contributed by atoms with van der Waals surface area (Å²) in [7, 11) is -3.35. The molecule has 0 aromatic heterocycles. The molecule has 7 nitrogen and oxygen atoms in total. The average Bonchev–Trinajstić information content (AvgIpc) is 2.54. The maximum absolute atomic E-state index is 11.3. The number of aliphatic hydroxyl groups excluding tert-OH is 1. The van der Waals surface area contributed by atoms with E-state index in [1.165, 1.54) is 12.1 Å². The molecule has 0 aliphatic carbocycles. The van der Waals surface area contributed by atoms with Crippen molar-refractivity contribution in [3.63, 3.8) is 0 Å². The van der Waals surface area contributed by atoms with Gasteiger partial charge in [-0.05, 0) is 18.6 Å². The topological polar surface area (TPSA) is 107 Å². The molecule has 0 spiro atoms. The van der Waals surface area contributed by atoms with Gasteiger partial charge in [0.15, 0.2) is 15.6 Å². The van der Waals surface area contributed by atoms with Gasteiger partial charge in [-0.25, -0.2) is 8.42 Å². The van der Waals surface area contributed by atoms with Gasteiger partial charge in [0.1, 0.15) is 12.2 Å². The van der Waals surface area contributed by atoms with Crippen molar-refractivity contribution in [3.05, 3.63) is 33.9 Å². The molecule has 2 atom stereocenters. The SMILES string of the molecule is Cc1ccc(OC2CS(=O)(=O)CC2O)c([N+](=O)[O-])c1. The number of hydrogen-bond acceptors (Lipinski definition) is 6. The molecular weight excluding hydrogens is 274 g/mol. The van der Waals surface area contributed by atoms with Gasteiger partial charge in [0, 0.05) is 6.07 Å². The van der Waals surface area contributed by atoms with E-state index in [0.29, 0.717) is 5.56 Å². The van der Waals surface area contributed by atoms with E-state index in [-0.39, 0.29) is 22.9 Å². The molecule has 1 aromatic rings. The largest absolute Gasteiger partial charge is 0.480 e. The third-order valence-corrected chi connectivity index (χ3v) is 4.55. The molecule has 1 aromatic carbocycles. The van der Waals surface area contributed by atoms with E-state index in [1.54, 1.807) is 13.0 Å². The minimum Gasteiger partial charge on any atom is -0.480 e. The maximum atomic E-state index is 11.3. The van der Waals surface area contributed by atoms with Crippen molar-refractivity contribution in [2.45, 2.75) is 19.1 Å². The third-order valence-electron chi connectivity index (χ3n) is 2.86. The molecule has 0 bridgehead atoms. The molecule has 1 fully saturated rings. The Morgan fingerprint density at radius 3 is 2.63 bits per heavy atom. The number of rotatable bonds is 3. The fourth-order valence-corrected chi connectivity index (χ4v) is 3.60. The highest BCUT2D eigenvalue weighted by Gasteiger charge is 2.39. The van der Waals surface area contributed by atoms with Gasteiger partial charge in [0.25, 0.3) is 0 Å². The van der Waals surface area contributed by atoms with E-state index in [9.17, 15) is 23.6 Å². The highest BCUT2D eigenvalue weighted by Crippen LogP contribution is 2.30. The van der Waals surface area contributed by atoms with E-state index in [1.807, 2.05) is 0 Å². The Morgan fingerprint density at radius 1 is 1.42 bits per heavy atom. The second kappa shape index (κ2) is 4.78. The molecular formula is C11H13NO6S. The minimum absolute atomic E-state index is 0.0308. The number of ether oxygens (including phenoxy) is 1. The van der Waals surface area contributed by atoms with Gasteiger partial charge in [0.05, 0.1) is 16.4 Å². The monoisotopic (exact) mass is 287 g/mol. The molecule has 1 aliphatic heterocycles. The zero-order valence-corrected chi connectivity index (χ0v) is 11.0. The molecule has 104 valence electrons. The Bertz CT molecular complexity index is 612. The number of sulfone groups is 1. The fraction of sp³-hybridized carbons (Fsp3) is 0.455. The van der Waals surface area contributed by atoms with Crippen LogP contribution in [0.5, 0.6) is 5.75 Å². The maximum Gasteiger partial charge on any atom is 0.311 e. The molecule has 1 heterocycles. The van der Waals surface area contributed by atoms with Gasteiger partial charge in [-0.15, -0.1) is 0 Å². The molecule has 1 aliphatic rings. The Kier molecular flexibility index (Phi) is 3.46. The Hall–Kier alpha value is -1.67. The fourth-order valence-electron chi connectivity index (χ4n) is 1.94. The number of nitro groups is 1. The van der Waals surface area contributed by atoms with Crippen LogP contribution in [-0.2, 0) is 9.84 Å². The second-order valence-electron chi connectivity index (χ2n) is 4.53. The van der Waals surface area contributed by atoms with Crippen molar-refractivity contribution in [2.75, 3.05) is 11.5 Å². The summed E-state index contributed by atoms with van der Waals surface area (Å²) in [5, 5.41) is 20.5. The van der Waals surface area contributed by atoms with Crippen molar-refractivity contribution >= 4 is 15.5 Å². The van der Waals surface area contributed by atoms with Crippen molar-refractivity contribution in [2.24, 2.45) is 0 Å². The first-order chi connectivity index (χ1) is 8.78. The standard InChI is InChI=1S/C11H13NO6S/c1-7-2-3-10(8(4-7)12(14)15)18-11-6-19(16,17)5-9(11)13/h2-4,9,11,13H,5-6H2,1H3. The van der Waals surface area contributed by atoms with Crippen LogP contribution < -0.4 is 4.74 Å². The van der Waals surface area contributed by atoms with Crippen LogP contribution >= 0.6 is 0 Å². The summed E-state index contributed by atoms with van der Waals surface area (Å²) < 4.78 is 28.0. The van der Waals surface area contributed by atoms with Crippen molar-refractivity contribution in [1.29, 1.82) is 0 Å². The Labute approximate surface area is 109 Å². The quantitative estimate of drug-likeness (QED) is 0.638. The molecule has 19 heavy (non-hydrogen) atoms. The van der Waals surface area contributed by atoms with E-state index < -0.39 is 27.0 Å². The highest BCUT2D eigenvalue weighted by atomic mass is 32.2. The second-order valence-corrected chi connectivity index (χ2v) is 6.68. The number of aryl methyl sites for hydroxylation is 1. The molecule has 1 saturated heterocycles. The van der Waals surface area contributed by atoms with Crippen LogP contribution in [0, 0.1) is 17.0 Å². The van der Waals surface area contributed by atoms with Crippen molar-refractivity contribution in [3.8, 4) is 5.75 Å². The minimum atomic E-state index is -3.35. The number of benzene rings is 1. The first kappa shape index (κ1) is 13.8. The van der Waals surface area contributed by atoms with Crippen LogP contribution in [0.3, 0.4) is 0 Å².